The van der Waals surface area contributed by atoms with E-state index in [1.165, 1.54) is 5.56 Å². The summed E-state index contributed by atoms with van der Waals surface area (Å²) in [6, 6.07) is 4.64. The zero-order chi connectivity index (χ0) is 14.4. The molecule has 0 aromatic carbocycles. The molecule has 1 aliphatic heterocycles. The predicted molar refractivity (Wildman–Crippen MR) is 79.4 cm³/mol. The van der Waals surface area contributed by atoms with Crippen LogP contribution in [0.5, 0.6) is 0 Å². The van der Waals surface area contributed by atoms with E-state index in [-0.39, 0.29) is 6.03 Å². The Kier molecular flexibility index (Phi) is 5.35. The molecule has 2 rings (SSSR count). The highest BCUT2D eigenvalue weighted by Gasteiger charge is 2.33. The number of carbonyl (C=O) groups excluding carboxylic acids is 1. The molecule has 5 nitrogen and oxygen atoms in total. The third-order valence-electron chi connectivity index (χ3n) is 3.73. The van der Waals surface area contributed by atoms with Gasteiger partial charge in [0.05, 0.1) is 0 Å². The topological polar surface area (TPSA) is 48.5 Å². The van der Waals surface area contributed by atoms with Gasteiger partial charge in [0.15, 0.2) is 0 Å². The van der Waals surface area contributed by atoms with Gasteiger partial charge in [-0.05, 0) is 30.7 Å². The van der Waals surface area contributed by atoms with Gasteiger partial charge in [-0.25, -0.2) is 4.79 Å². The third-order valence-corrected chi connectivity index (χ3v) is 3.73. The molecule has 0 saturated carbocycles. The number of amides is 2. The lowest BCUT2D eigenvalue weighted by atomic mass is 10.1. The average Bonchev–Trinajstić information content (AvgIpc) is 2.43. The van der Waals surface area contributed by atoms with E-state index in [4.69, 9.17) is 0 Å². The fourth-order valence-corrected chi connectivity index (χ4v) is 2.42. The van der Waals surface area contributed by atoms with Crippen molar-refractivity contribution in [2.24, 2.45) is 0 Å². The molecule has 1 N–H and O–H groups in total. The summed E-state index contributed by atoms with van der Waals surface area (Å²) in [6.45, 7) is 8.57. The van der Waals surface area contributed by atoms with Gasteiger partial charge in [0.1, 0.15) is 0 Å². The van der Waals surface area contributed by atoms with Crippen molar-refractivity contribution in [3.63, 3.8) is 0 Å². The van der Waals surface area contributed by atoms with Crippen LogP contribution in [-0.4, -0.2) is 53.0 Å². The number of nitrogens with one attached hydrogen (secondary N) is 1. The molecule has 2 amide bonds. The Hall–Kier alpha value is -1.62. The predicted octanol–water partition coefficient (Wildman–Crippen LogP) is 1.71. The van der Waals surface area contributed by atoms with E-state index >= 15 is 0 Å². The number of likely N-dealkylation sites (N-methyl/N-ethyl adjacent to an activating group) is 1. The van der Waals surface area contributed by atoms with E-state index in [1.54, 1.807) is 0 Å². The van der Waals surface area contributed by atoms with Gasteiger partial charge in [-0.3, -0.25) is 9.88 Å². The lowest BCUT2D eigenvalue weighted by Crippen LogP contribution is -2.62. The van der Waals surface area contributed by atoms with Crippen LogP contribution in [0.25, 0.3) is 0 Å². The molecule has 0 atom stereocenters. The van der Waals surface area contributed by atoms with Crippen molar-refractivity contribution in [3.05, 3.63) is 30.1 Å². The summed E-state index contributed by atoms with van der Waals surface area (Å²) in [4.78, 5) is 20.1. The van der Waals surface area contributed by atoms with Crippen molar-refractivity contribution in [1.82, 2.24) is 20.1 Å². The first-order valence-electron chi connectivity index (χ1n) is 7.40. The number of urea groups is 1. The van der Waals surface area contributed by atoms with Crippen molar-refractivity contribution < 1.29 is 4.79 Å². The second-order valence-corrected chi connectivity index (χ2v) is 5.21. The standard InChI is InChI=1S/C15H24N4O/c1-3-7-17-15(20)19-11-14(12-19)18(4-2)10-13-5-8-16-9-6-13/h5-6,8-9,14H,3-4,7,10-12H2,1-2H3,(H,17,20). The minimum Gasteiger partial charge on any atom is -0.338 e. The number of likely N-dealkylation sites (tertiary alicyclic amines) is 1. The molecule has 1 aromatic rings. The molecule has 0 aliphatic carbocycles. The summed E-state index contributed by atoms with van der Waals surface area (Å²) >= 11 is 0. The molecular formula is C15H24N4O. The number of pyridine rings is 1. The Balaban J connectivity index is 1.79. The molecule has 0 radical (unpaired) electrons. The van der Waals surface area contributed by atoms with E-state index in [0.717, 1.165) is 39.1 Å². The van der Waals surface area contributed by atoms with Crippen LogP contribution >= 0.6 is 0 Å². The summed E-state index contributed by atoms with van der Waals surface area (Å²) in [7, 11) is 0. The Morgan fingerprint density at radius 2 is 2.10 bits per heavy atom. The molecule has 1 aliphatic rings. The lowest BCUT2D eigenvalue weighted by Gasteiger charge is -2.45. The summed E-state index contributed by atoms with van der Waals surface area (Å²) in [6.07, 6.45) is 4.63. The second-order valence-electron chi connectivity index (χ2n) is 5.21. The maximum atomic E-state index is 11.8. The first-order valence-corrected chi connectivity index (χ1v) is 7.40. The quantitative estimate of drug-likeness (QED) is 0.860. The van der Waals surface area contributed by atoms with Crippen molar-refractivity contribution in [3.8, 4) is 0 Å². The van der Waals surface area contributed by atoms with Crippen LogP contribution in [0, 0.1) is 0 Å². The smallest absolute Gasteiger partial charge is 0.317 e. The maximum absolute atomic E-state index is 11.8. The number of nitrogens with zero attached hydrogens (tertiary/aromatic N) is 3. The number of carbonyl (C=O) groups is 1. The molecule has 1 saturated heterocycles. The first kappa shape index (κ1) is 14.8. The largest absolute Gasteiger partial charge is 0.338 e. The van der Waals surface area contributed by atoms with E-state index in [2.05, 4.69) is 29.0 Å². The second kappa shape index (κ2) is 7.24. The van der Waals surface area contributed by atoms with E-state index in [0.29, 0.717) is 6.04 Å². The normalized spacial score (nSPS) is 15.2. The summed E-state index contributed by atoms with van der Waals surface area (Å²) in [5, 5.41) is 2.92. The van der Waals surface area contributed by atoms with Crippen LogP contribution in [0.4, 0.5) is 4.79 Å². The minimum absolute atomic E-state index is 0.0723. The fourth-order valence-electron chi connectivity index (χ4n) is 2.42. The zero-order valence-corrected chi connectivity index (χ0v) is 12.4. The van der Waals surface area contributed by atoms with Gasteiger partial charge >= 0.3 is 6.03 Å². The number of hydrogen-bond acceptors (Lipinski definition) is 3. The van der Waals surface area contributed by atoms with Gasteiger partial charge in [-0.15, -0.1) is 0 Å². The Bertz CT molecular complexity index is 417. The van der Waals surface area contributed by atoms with Crippen LogP contribution < -0.4 is 5.32 Å². The van der Waals surface area contributed by atoms with Gasteiger partial charge < -0.3 is 10.2 Å². The highest BCUT2D eigenvalue weighted by molar-refractivity contribution is 5.75. The molecule has 1 fully saturated rings. The monoisotopic (exact) mass is 276 g/mol. The van der Waals surface area contributed by atoms with Crippen molar-refractivity contribution >= 4 is 6.03 Å². The van der Waals surface area contributed by atoms with Gasteiger partial charge in [-0.1, -0.05) is 13.8 Å². The Morgan fingerprint density at radius 1 is 1.40 bits per heavy atom. The molecule has 2 heterocycles. The van der Waals surface area contributed by atoms with Crippen LogP contribution in [0.3, 0.4) is 0 Å². The van der Waals surface area contributed by atoms with Gasteiger partial charge in [0.2, 0.25) is 0 Å². The molecule has 5 heteroatoms. The van der Waals surface area contributed by atoms with Crippen molar-refractivity contribution in [2.45, 2.75) is 32.9 Å². The van der Waals surface area contributed by atoms with E-state index < -0.39 is 0 Å². The SMILES string of the molecule is CCCNC(=O)N1CC(N(CC)Cc2ccncc2)C1. The Labute approximate surface area is 121 Å². The van der Waals surface area contributed by atoms with Gasteiger partial charge in [0.25, 0.3) is 0 Å². The zero-order valence-electron chi connectivity index (χ0n) is 12.4. The molecule has 0 bridgehead atoms. The van der Waals surface area contributed by atoms with Crippen molar-refractivity contribution in [1.29, 1.82) is 0 Å². The van der Waals surface area contributed by atoms with Crippen LogP contribution in [0.1, 0.15) is 25.8 Å². The number of hydrogen-bond donors (Lipinski definition) is 1. The van der Waals surface area contributed by atoms with Crippen LogP contribution in [0.2, 0.25) is 0 Å². The van der Waals surface area contributed by atoms with Crippen LogP contribution in [0.15, 0.2) is 24.5 Å². The van der Waals surface area contributed by atoms with Crippen molar-refractivity contribution in [2.75, 3.05) is 26.2 Å². The molecule has 110 valence electrons. The number of rotatable bonds is 6. The third kappa shape index (κ3) is 3.70. The van der Waals surface area contributed by atoms with E-state index in [1.807, 2.05) is 29.4 Å². The summed E-state index contributed by atoms with van der Waals surface area (Å²) < 4.78 is 0. The molecule has 1 aromatic heterocycles. The fraction of sp³-hybridized carbons (Fsp3) is 0.600. The molecule has 20 heavy (non-hydrogen) atoms. The Morgan fingerprint density at radius 3 is 2.70 bits per heavy atom. The van der Waals surface area contributed by atoms with E-state index in [9.17, 15) is 4.79 Å². The average molecular weight is 276 g/mol. The van der Waals surface area contributed by atoms with Gasteiger partial charge in [0, 0.05) is 44.6 Å². The maximum Gasteiger partial charge on any atom is 0.317 e. The number of aromatic nitrogens is 1. The summed E-state index contributed by atoms with van der Waals surface area (Å²) in [5.41, 5.74) is 1.27. The summed E-state index contributed by atoms with van der Waals surface area (Å²) in [5.74, 6) is 0. The minimum atomic E-state index is 0.0723. The highest BCUT2D eigenvalue weighted by atomic mass is 16.2. The lowest BCUT2D eigenvalue weighted by molar-refractivity contribution is 0.0552. The molecular weight excluding hydrogens is 252 g/mol. The van der Waals surface area contributed by atoms with Gasteiger partial charge in [-0.2, -0.15) is 0 Å². The molecule has 0 spiro atoms. The highest BCUT2D eigenvalue weighted by Crippen LogP contribution is 2.17. The molecule has 0 unspecified atom stereocenters. The first-order chi connectivity index (χ1) is 9.74. The van der Waals surface area contributed by atoms with Crippen LogP contribution in [-0.2, 0) is 6.54 Å².